The number of aliphatic hydroxyl groups is 1. The Balaban J connectivity index is 1.80. The summed E-state index contributed by atoms with van der Waals surface area (Å²) in [5, 5.41) is 11.4. The molecule has 16 heavy (non-hydrogen) atoms. The van der Waals surface area contributed by atoms with Crippen molar-refractivity contribution in [3.05, 3.63) is 0 Å². The molecular formula is C12H25N3O. The molecule has 4 nitrogen and oxygen atoms in total. The van der Waals surface area contributed by atoms with Gasteiger partial charge in [0.1, 0.15) is 0 Å². The molecule has 2 fully saturated rings. The fourth-order valence-electron chi connectivity index (χ4n) is 2.99. The maximum atomic E-state index is 9.50. The summed E-state index contributed by atoms with van der Waals surface area (Å²) in [6.07, 6.45) is 4.27. The molecule has 94 valence electrons. The largest absolute Gasteiger partial charge is 0.393 e. The molecule has 2 saturated heterocycles. The Morgan fingerprint density at radius 3 is 2.19 bits per heavy atom. The number of nitrogens with zero attached hydrogens (tertiary/aromatic N) is 2. The summed E-state index contributed by atoms with van der Waals surface area (Å²) in [7, 11) is 0. The van der Waals surface area contributed by atoms with Crippen LogP contribution in [0, 0.1) is 5.92 Å². The van der Waals surface area contributed by atoms with E-state index in [9.17, 15) is 5.11 Å². The van der Waals surface area contributed by atoms with Crippen LogP contribution >= 0.6 is 0 Å². The lowest BCUT2D eigenvalue weighted by molar-refractivity contribution is 0.0350. The maximum absolute atomic E-state index is 9.50. The van der Waals surface area contributed by atoms with E-state index in [1.54, 1.807) is 0 Å². The van der Waals surface area contributed by atoms with Gasteiger partial charge in [0.05, 0.1) is 6.10 Å². The average molecular weight is 227 g/mol. The van der Waals surface area contributed by atoms with Crippen molar-refractivity contribution in [1.82, 2.24) is 9.91 Å². The summed E-state index contributed by atoms with van der Waals surface area (Å²) < 4.78 is 0. The second-order valence-corrected chi connectivity index (χ2v) is 5.38. The average Bonchev–Trinajstić information content (AvgIpc) is 2.30. The first kappa shape index (κ1) is 12.3. The summed E-state index contributed by atoms with van der Waals surface area (Å²) in [5.74, 6) is 6.57. The van der Waals surface area contributed by atoms with Gasteiger partial charge < -0.3 is 10.0 Å². The highest BCUT2D eigenvalue weighted by Crippen LogP contribution is 2.25. The molecule has 4 heteroatoms. The number of nitrogens with two attached hydrogens (primary N) is 1. The van der Waals surface area contributed by atoms with Crippen LogP contribution in [0.3, 0.4) is 0 Å². The van der Waals surface area contributed by atoms with Gasteiger partial charge in [-0.3, -0.25) is 5.84 Å². The van der Waals surface area contributed by atoms with Gasteiger partial charge in [-0.25, -0.2) is 5.01 Å². The van der Waals surface area contributed by atoms with Crippen molar-refractivity contribution >= 4 is 0 Å². The molecule has 0 radical (unpaired) electrons. The minimum absolute atomic E-state index is 0.0608. The third-order valence-electron chi connectivity index (χ3n) is 4.33. The van der Waals surface area contributed by atoms with Crippen molar-refractivity contribution in [3.8, 4) is 0 Å². The number of rotatable bonds is 2. The van der Waals surface area contributed by atoms with Gasteiger partial charge in [0.25, 0.3) is 0 Å². The third kappa shape index (κ3) is 2.94. The van der Waals surface area contributed by atoms with E-state index in [2.05, 4.69) is 11.8 Å². The minimum Gasteiger partial charge on any atom is -0.393 e. The molecule has 3 N–H and O–H groups in total. The number of likely N-dealkylation sites (tertiary alicyclic amines) is 1. The highest BCUT2D eigenvalue weighted by molar-refractivity contribution is 4.83. The van der Waals surface area contributed by atoms with E-state index in [0.717, 1.165) is 44.9 Å². The van der Waals surface area contributed by atoms with Gasteiger partial charge in [-0.15, -0.1) is 0 Å². The predicted octanol–water partition coefficient (Wildman–Crippen LogP) is 0.417. The molecule has 0 aliphatic carbocycles. The summed E-state index contributed by atoms with van der Waals surface area (Å²) >= 11 is 0. The van der Waals surface area contributed by atoms with Gasteiger partial charge in [-0.2, -0.15) is 0 Å². The van der Waals surface area contributed by atoms with Crippen LogP contribution in [0.4, 0.5) is 0 Å². The Morgan fingerprint density at radius 1 is 1.06 bits per heavy atom. The van der Waals surface area contributed by atoms with Crippen LogP contribution in [0.5, 0.6) is 0 Å². The van der Waals surface area contributed by atoms with Crippen molar-refractivity contribution in [2.24, 2.45) is 11.8 Å². The molecular weight excluding hydrogens is 202 g/mol. The summed E-state index contributed by atoms with van der Waals surface area (Å²) in [6, 6.07) is 0.654. The predicted molar refractivity (Wildman–Crippen MR) is 64.8 cm³/mol. The SMILES string of the molecule is CC(C1CCN(N)CC1)N1CCC(O)CC1. The number of hydrogen-bond acceptors (Lipinski definition) is 4. The van der Waals surface area contributed by atoms with Crippen LogP contribution in [0.2, 0.25) is 0 Å². The molecule has 1 unspecified atom stereocenters. The smallest absolute Gasteiger partial charge is 0.0564 e. The highest BCUT2D eigenvalue weighted by Gasteiger charge is 2.28. The van der Waals surface area contributed by atoms with Crippen LogP contribution in [-0.4, -0.2) is 53.3 Å². The molecule has 2 aliphatic heterocycles. The summed E-state index contributed by atoms with van der Waals surface area (Å²) in [4.78, 5) is 2.55. The molecule has 2 heterocycles. The molecule has 0 amide bonds. The first-order valence-electron chi connectivity index (χ1n) is 6.58. The zero-order valence-electron chi connectivity index (χ0n) is 10.3. The van der Waals surface area contributed by atoms with Gasteiger partial charge >= 0.3 is 0 Å². The van der Waals surface area contributed by atoms with E-state index in [1.165, 1.54) is 12.8 Å². The molecule has 0 bridgehead atoms. The van der Waals surface area contributed by atoms with Crippen molar-refractivity contribution in [2.75, 3.05) is 26.2 Å². The van der Waals surface area contributed by atoms with Crippen molar-refractivity contribution < 1.29 is 5.11 Å². The Kier molecular flexibility index (Phi) is 4.19. The van der Waals surface area contributed by atoms with Crippen molar-refractivity contribution in [1.29, 1.82) is 0 Å². The summed E-state index contributed by atoms with van der Waals surface area (Å²) in [6.45, 7) is 6.53. The van der Waals surface area contributed by atoms with Crippen molar-refractivity contribution in [2.45, 2.75) is 44.8 Å². The van der Waals surface area contributed by atoms with E-state index in [-0.39, 0.29) is 6.10 Å². The van der Waals surface area contributed by atoms with E-state index in [0.29, 0.717) is 6.04 Å². The van der Waals surface area contributed by atoms with Crippen LogP contribution in [0.15, 0.2) is 0 Å². The van der Waals surface area contributed by atoms with Crippen LogP contribution in [0.1, 0.15) is 32.6 Å². The molecule has 1 atom stereocenters. The molecule has 2 rings (SSSR count). The normalized spacial score (nSPS) is 29.4. The zero-order valence-corrected chi connectivity index (χ0v) is 10.3. The first-order valence-corrected chi connectivity index (χ1v) is 6.58. The molecule has 2 aliphatic rings. The van der Waals surface area contributed by atoms with Gasteiger partial charge in [-0.1, -0.05) is 0 Å². The molecule has 0 aromatic carbocycles. The van der Waals surface area contributed by atoms with E-state index >= 15 is 0 Å². The molecule has 0 aromatic rings. The standard InChI is InChI=1S/C12H25N3O/c1-10(11-2-8-15(13)9-3-11)14-6-4-12(16)5-7-14/h10-12,16H,2-9,13H2,1H3. The Morgan fingerprint density at radius 2 is 1.62 bits per heavy atom. The lowest BCUT2D eigenvalue weighted by Crippen LogP contribution is -2.48. The Hall–Kier alpha value is -0.160. The number of hydrazine groups is 1. The first-order chi connectivity index (χ1) is 7.66. The Labute approximate surface area is 98.4 Å². The lowest BCUT2D eigenvalue weighted by atomic mass is 9.89. The Bertz CT molecular complexity index is 186. The summed E-state index contributed by atoms with van der Waals surface area (Å²) in [5.41, 5.74) is 0. The molecule has 0 aromatic heterocycles. The lowest BCUT2D eigenvalue weighted by Gasteiger charge is -2.41. The highest BCUT2D eigenvalue weighted by atomic mass is 16.3. The minimum atomic E-state index is -0.0608. The second-order valence-electron chi connectivity index (χ2n) is 5.38. The van der Waals surface area contributed by atoms with Crippen LogP contribution in [0.25, 0.3) is 0 Å². The third-order valence-corrected chi connectivity index (χ3v) is 4.33. The molecule has 0 spiro atoms. The maximum Gasteiger partial charge on any atom is 0.0564 e. The van der Waals surface area contributed by atoms with Gasteiger partial charge in [0, 0.05) is 32.2 Å². The van der Waals surface area contributed by atoms with E-state index in [1.807, 2.05) is 5.01 Å². The van der Waals surface area contributed by atoms with E-state index < -0.39 is 0 Å². The van der Waals surface area contributed by atoms with Crippen LogP contribution in [-0.2, 0) is 0 Å². The monoisotopic (exact) mass is 227 g/mol. The van der Waals surface area contributed by atoms with Gasteiger partial charge in [0.15, 0.2) is 0 Å². The molecule has 0 saturated carbocycles. The number of piperidine rings is 2. The quantitative estimate of drug-likeness (QED) is 0.671. The van der Waals surface area contributed by atoms with Gasteiger partial charge in [0.2, 0.25) is 0 Å². The number of hydrogen-bond donors (Lipinski definition) is 2. The zero-order chi connectivity index (χ0) is 11.5. The van der Waals surface area contributed by atoms with Gasteiger partial charge in [-0.05, 0) is 38.5 Å². The topological polar surface area (TPSA) is 52.7 Å². The fraction of sp³-hybridized carbons (Fsp3) is 1.00. The van der Waals surface area contributed by atoms with Crippen LogP contribution < -0.4 is 5.84 Å². The second kappa shape index (κ2) is 5.45. The fourth-order valence-corrected chi connectivity index (χ4v) is 2.99. The number of aliphatic hydroxyl groups excluding tert-OH is 1. The van der Waals surface area contributed by atoms with Crippen molar-refractivity contribution in [3.63, 3.8) is 0 Å². The van der Waals surface area contributed by atoms with E-state index in [4.69, 9.17) is 5.84 Å².